The van der Waals surface area contributed by atoms with Crippen LogP contribution in [0.5, 0.6) is 0 Å². The fraction of sp³-hybridized carbons (Fsp3) is 0.923. The summed E-state index contributed by atoms with van der Waals surface area (Å²) in [5.41, 5.74) is -0.609. The maximum Gasteiger partial charge on any atom is 0.410 e. The highest BCUT2D eigenvalue weighted by Gasteiger charge is 2.62. The molecule has 1 amide bonds. The predicted octanol–water partition coefficient (Wildman–Crippen LogP) is 0.355. The summed E-state index contributed by atoms with van der Waals surface area (Å²) in [4.78, 5) is 13.7. The second-order valence-electron chi connectivity index (χ2n) is 6.14. The molecule has 3 unspecified atom stereocenters. The van der Waals surface area contributed by atoms with Crippen molar-refractivity contribution in [2.45, 2.75) is 50.4 Å². The number of hydrogen-bond acceptors (Lipinski definition) is 6. The van der Waals surface area contributed by atoms with Gasteiger partial charge in [0.2, 0.25) is 5.79 Å². The summed E-state index contributed by atoms with van der Waals surface area (Å²) in [6, 6.07) is -0.526. The Kier molecular flexibility index (Phi) is 3.98. The molecule has 20 heavy (non-hydrogen) atoms. The number of fused-ring (bicyclic) bond motifs is 1. The van der Waals surface area contributed by atoms with Gasteiger partial charge in [0.05, 0.1) is 6.54 Å². The van der Waals surface area contributed by atoms with E-state index in [2.05, 4.69) is 0 Å². The van der Waals surface area contributed by atoms with Gasteiger partial charge < -0.3 is 24.1 Å². The first-order valence-corrected chi connectivity index (χ1v) is 6.63. The van der Waals surface area contributed by atoms with Crippen molar-refractivity contribution in [3.8, 4) is 0 Å². The number of β-amino-alcohol motifs (C(OH)–C–C–N with tert-alkyl or cyclic N) is 1. The Morgan fingerprint density at radius 2 is 1.95 bits per heavy atom. The molecule has 0 saturated carbocycles. The van der Waals surface area contributed by atoms with Crippen LogP contribution in [0.4, 0.5) is 4.79 Å². The zero-order valence-corrected chi connectivity index (χ0v) is 12.6. The summed E-state index contributed by atoms with van der Waals surface area (Å²) in [5.74, 6) is -1.07. The summed E-state index contributed by atoms with van der Waals surface area (Å²) in [6.45, 7) is 5.67. The zero-order chi connectivity index (χ0) is 15.1. The van der Waals surface area contributed by atoms with Gasteiger partial charge in [0.15, 0.2) is 0 Å². The molecule has 0 radical (unpaired) electrons. The highest BCUT2D eigenvalue weighted by molar-refractivity contribution is 5.69. The highest BCUT2D eigenvalue weighted by atomic mass is 16.7. The topological polar surface area (TPSA) is 77.5 Å². The molecule has 116 valence electrons. The smallest absolute Gasteiger partial charge is 0.410 e. The first kappa shape index (κ1) is 15.5. The van der Waals surface area contributed by atoms with E-state index in [1.807, 2.05) is 0 Å². The number of ether oxygens (including phenoxy) is 4. The molecule has 7 nitrogen and oxygen atoms in total. The summed E-state index contributed by atoms with van der Waals surface area (Å²) in [6.07, 6.45) is -1.81. The minimum absolute atomic E-state index is 0.138. The SMILES string of the molecule is COC1(OC)COC2C(O)CN(C(=O)OC(C)(C)C)C21. The molecule has 3 atom stereocenters. The maximum atomic E-state index is 12.3. The van der Waals surface area contributed by atoms with E-state index in [9.17, 15) is 9.90 Å². The van der Waals surface area contributed by atoms with E-state index in [4.69, 9.17) is 18.9 Å². The molecule has 1 N–H and O–H groups in total. The van der Waals surface area contributed by atoms with Crippen molar-refractivity contribution in [2.75, 3.05) is 27.4 Å². The number of methoxy groups -OCH3 is 2. The zero-order valence-electron chi connectivity index (χ0n) is 12.6. The van der Waals surface area contributed by atoms with E-state index in [0.717, 1.165) is 0 Å². The molecule has 0 bridgehead atoms. The molecule has 2 saturated heterocycles. The van der Waals surface area contributed by atoms with Crippen molar-refractivity contribution in [3.63, 3.8) is 0 Å². The van der Waals surface area contributed by atoms with Crippen molar-refractivity contribution < 1.29 is 28.8 Å². The fourth-order valence-corrected chi connectivity index (χ4v) is 2.75. The van der Waals surface area contributed by atoms with Crippen molar-refractivity contribution in [1.82, 2.24) is 4.90 Å². The van der Waals surface area contributed by atoms with Gasteiger partial charge in [-0.3, -0.25) is 4.90 Å². The molecule has 0 aromatic carbocycles. The van der Waals surface area contributed by atoms with Gasteiger partial charge in [0, 0.05) is 14.2 Å². The summed E-state index contributed by atoms with van der Waals surface area (Å²) >= 11 is 0. The first-order chi connectivity index (χ1) is 9.24. The highest BCUT2D eigenvalue weighted by Crippen LogP contribution is 2.39. The quantitative estimate of drug-likeness (QED) is 0.739. The van der Waals surface area contributed by atoms with E-state index in [1.54, 1.807) is 20.8 Å². The van der Waals surface area contributed by atoms with Crippen LogP contribution < -0.4 is 0 Å². The monoisotopic (exact) mass is 289 g/mol. The number of aliphatic hydroxyl groups excluding tert-OH is 1. The molecule has 0 aromatic rings. The molecule has 0 aromatic heterocycles. The summed E-state index contributed by atoms with van der Waals surface area (Å²) < 4.78 is 21.7. The minimum Gasteiger partial charge on any atom is -0.444 e. The third-order valence-corrected chi connectivity index (χ3v) is 3.66. The van der Waals surface area contributed by atoms with Crippen molar-refractivity contribution in [2.24, 2.45) is 0 Å². The third-order valence-electron chi connectivity index (χ3n) is 3.66. The van der Waals surface area contributed by atoms with Gasteiger partial charge in [-0.25, -0.2) is 4.79 Å². The number of likely N-dealkylation sites (tertiary alicyclic amines) is 1. The maximum absolute atomic E-state index is 12.3. The molecule has 0 spiro atoms. The van der Waals surface area contributed by atoms with Crippen LogP contribution in [0.2, 0.25) is 0 Å². The molecule has 2 aliphatic rings. The first-order valence-electron chi connectivity index (χ1n) is 6.63. The van der Waals surface area contributed by atoms with Crippen LogP contribution in [-0.4, -0.2) is 73.1 Å². The van der Waals surface area contributed by atoms with Crippen molar-refractivity contribution in [3.05, 3.63) is 0 Å². The van der Waals surface area contributed by atoms with Crippen molar-refractivity contribution >= 4 is 6.09 Å². The van der Waals surface area contributed by atoms with Crippen LogP contribution >= 0.6 is 0 Å². The van der Waals surface area contributed by atoms with Crippen LogP contribution in [0.3, 0.4) is 0 Å². The van der Waals surface area contributed by atoms with E-state index in [-0.39, 0.29) is 13.2 Å². The Morgan fingerprint density at radius 1 is 1.35 bits per heavy atom. The van der Waals surface area contributed by atoms with Crippen LogP contribution in [0.25, 0.3) is 0 Å². The Morgan fingerprint density at radius 3 is 2.45 bits per heavy atom. The van der Waals surface area contributed by atoms with Gasteiger partial charge in [0.1, 0.15) is 30.5 Å². The van der Waals surface area contributed by atoms with E-state index in [0.29, 0.717) is 0 Å². The third kappa shape index (κ3) is 2.50. The fourth-order valence-electron chi connectivity index (χ4n) is 2.75. The molecule has 2 aliphatic heterocycles. The number of carbonyl (C=O) groups excluding carboxylic acids is 1. The lowest BCUT2D eigenvalue weighted by Crippen LogP contribution is -2.55. The number of aliphatic hydroxyl groups is 1. The second kappa shape index (κ2) is 5.14. The Balaban J connectivity index is 2.23. The standard InChI is InChI=1S/C13H23NO6/c1-12(2,3)20-11(16)14-6-8(15)9-10(14)13(17-4,18-5)7-19-9/h8-10,15H,6-7H2,1-5H3. The molecule has 2 rings (SSSR count). The normalized spacial score (nSPS) is 32.3. The van der Waals surface area contributed by atoms with Gasteiger partial charge in [-0.2, -0.15) is 0 Å². The van der Waals surface area contributed by atoms with Gasteiger partial charge in [-0.05, 0) is 20.8 Å². The molecular formula is C13H23NO6. The second-order valence-corrected chi connectivity index (χ2v) is 6.14. The van der Waals surface area contributed by atoms with E-state index < -0.39 is 35.7 Å². The molecule has 2 fully saturated rings. The Hall–Kier alpha value is -0.890. The summed E-state index contributed by atoms with van der Waals surface area (Å²) in [5, 5.41) is 10.1. The molecular weight excluding hydrogens is 266 g/mol. The summed E-state index contributed by atoms with van der Waals surface area (Å²) in [7, 11) is 2.99. The van der Waals surface area contributed by atoms with Crippen LogP contribution in [0.15, 0.2) is 0 Å². The molecule has 7 heteroatoms. The number of carbonyl (C=O) groups is 1. The van der Waals surface area contributed by atoms with Crippen LogP contribution in [-0.2, 0) is 18.9 Å². The Labute approximate surface area is 118 Å². The van der Waals surface area contributed by atoms with E-state index >= 15 is 0 Å². The van der Waals surface area contributed by atoms with Gasteiger partial charge >= 0.3 is 6.09 Å². The minimum atomic E-state index is -1.07. The molecule has 2 heterocycles. The number of nitrogens with zero attached hydrogens (tertiary/aromatic N) is 1. The van der Waals surface area contributed by atoms with E-state index in [1.165, 1.54) is 19.1 Å². The lowest BCUT2D eigenvalue weighted by atomic mass is 10.0. The van der Waals surface area contributed by atoms with Crippen molar-refractivity contribution in [1.29, 1.82) is 0 Å². The van der Waals surface area contributed by atoms with Gasteiger partial charge in [-0.1, -0.05) is 0 Å². The average Bonchev–Trinajstić information content (AvgIpc) is 2.87. The van der Waals surface area contributed by atoms with Crippen LogP contribution in [0, 0.1) is 0 Å². The average molecular weight is 289 g/mol. The predicted molar refractivity (Wildman–Crippen MR) is 69.2 cm³/mol. The number of rotatable bonds is 2. The van der Waals surface area contributed by atoms with Gasteiger partial charge in [-0.15, -0.1) is 0 Å². The lowest BCUT2D eigenvalue weighted by Gasteiger charge is -2.36. The van der Waals surface area contributed by atoms with Crippen LogP contribution in [0.1, 0.15) is 20.8 Å². The number of amides is 1. The lowest BCUT2D eigenvalue weighted by molar-refractivity contribution is -0.225. The van der Waals surface area contributed by atoms with Gasteiger partial charge in [0.25, 0.3) is 0 Å². The molecule has 0 aliphatic carbocycles. The Bertz CT molecular complexity index is 376. The number of hydrogen-bond donors (Lipinski definition) is 1. The largest absolute Gasteiger partial charge is 0.444 e.